The molecule has 0 radical (unpaired) electrons. The molecule has 2 heterocycles. The molecule has 0 aliphatic carbocycles. The van der Waals surface area contributed by atoms with E-state index in [1.165, 1.54) is 16.9 Å². The second kappa shape index (κ2) is 7.15. The van der Waals surface area contributed by atoms with Crippen LogP contribution in [0.15, 0.2) is 82.4 Å². The van der Waals surface area contributed by atoms with Gasteiger partial charge in [0.1, 0.15) is 11.5 Å². The first-order valence-corrected chi connectivity index (χ1v) is 8.75. The molecule has 140 valence electrons. The molecule has 0 N–H and O–H groups in total. The van der Waals surface area contributed by atoms with Crippen LogP contribution in [-0.4, -0.2) is 23.8 Å². The second-order valence-electron chi connectivity index (χ2n) is 6.55. The van der Waals surface area contributed by atoms with Crippen molar-refractivity contribution in [3.05, 3.63) is 89.3 Å². The SMILES string of the molecule is CN(C)c1ccc(-n2oc(=O)c(-c3ccc(F)cc3)c2-c2ccncc2)cc1. The van der Waals surface area contributed by atoms with Gasteiger partial charge in [-0.25, -0.2) is 9.18 Å². The Labute approximate surface area is 161 Å². The van der Waals surface area contributed by atoms with Crippen LogP contribution in [0.1, 0.15) is 0 Å². The molecule has 2 aromatic carbocycles. The standard InChI is InChI=1S/C22H18FN3O2/c1-25(2)18-7-9-19(10-8-18)26-21(16-11-13-24-14-12-16)20(22(27)28-26)15-3-5-17(23)6-4-15/h3-14H,1-2H3. The van der Waals surface area contributed by atoms with E-state index in [0.29, 0.717) is 22.5 Å². The van der Waals surface area contributed by atoms with E-state index in [1.54, 1.807) is 24.5 Å². The average Bonchev–Trinajstić information content (AvgIpc) is 3.06. The van der Waals surface area contributed by atoms with Gasteiger partial charge in [0.15, 0.2) is 0 Å². The topological polar surface area (TPSA) is 51.3 Å². The third kappa shape index (κ3) is 3.20. The van der Waals surface area contributed by atoms with Gasteiger partial charge < -0.3 is 9.42 Å². The van der Waals surface area contributed by atoms with E-state index in [4.69, 9.17) is 4.52 Å². The first-order chi connectivity index (χ1) is 13.5. The van der Waals surface area contributed by atoms with Gasteiger partial charge in [-0.3, -0.25) is 4.98 Å². The van der Waals surface area contributed by atoms with Crippen molar-refractivity contribution in [2.24, 2.45) is 0 Å². The normalized spacial score (nSPS) is 10.8. The van der Waals surface area contributed by atoms with E-state index in [1.807, 2.05) is 55.4 Å². The van der Waals surface area contributed by atoms with Gasteiger partial charge in [-0.15, -0.1) is 0 Å². The fourth-order valence-corrected chi connectivity index (χ4v) is 3.08. The highest BCUT2D eigenvalue weighted by Gasteiger charge is 2.21. The van der Waals surface area contributed by atoms with Gasteiger partial charge in [-0.2, -0.15) is 4.74 Å². The first-order valence-electron chi connectivity index (χ1n) is 8.75. The van der Waals surface area contributed by atoms with Gasteiger partial charge in [0, 0.05) is 37.7 Å². The lowest BCUT2D eigenvalue weighted by molar-refractivity contribution is 0.327. The van der Waals surface area contributed by atoms with Crippen LogP contribution in [0.5, 0.6) is 0 Å². The summed E-state index contributed by atoms with van der Waals surface area (Å²) in [5.41, 5.74) is 3.59. The Hall–Kier alpha value is -3.67. The van der Waals surface area contributed by atoms with E-state index >= 15 is 0 Å². The lowest BCUT2D eigenvalue weighted by Gasteiger charge is -2.13. The molecular weight excluding hydrogens is 357 g/mol. The average molecular weight is 375 g/mol. The Morgan fingerprint density at radius 3 is 2.14 bits per heavy atom. The second-order valence-corrected chi connectivity index (χ2v) is 6.55. The van der Waals surface area contributed by atoms with Crippen LogP contribution in [0.25, 0.3) is 28.1 Å². The van der Waals surface area contributed by atoms with E-state index in [0.717, 1.165) is 11.3 Å². The lowest BCUT2D eigenvalue weighted by Crippen LogP contribution is -2.08. The summed E-state index contributed by atoms with van der Waals surface area (Å²) >= 11 is 0. The number of rotatable bonds is 4. The smallest absolute Gasteiger partial charge is 0.366 e. The number of anilines is 1. The van der Waals surface area contributed by atoms with Gasteiger partial charge >= 0.3 is 5.63 Å². The summed E-state index contributed by atoms with van der Waals surface area (Å²) in [5, 5.41) is 0. The molecule has 2 aromatic heterocycles. The molecule has 0 saturated heterocycles. The van der Waals surface area contributed by atoms with Crippen LogP contribution in [0.3, 0.4) is 0 Å². The highest BCUT2D eigenvalue weighted by molar-refractivity contribution is 5.81. The molecule has 0 fully saturated rings. The molecule has 0 spiro atoms. The molecular formula is C22H18FN3O2. The number of nitrogens with zero attached hydrogens (tertiary/aromatic N) is 3. The minimum absolute atomic E-state index is 0.364. The number of hydrogen-bond acceptors (Lipinski definition) is 4. The molecule has 0 aliphatic rings. The summed E-state index contributed by atoms with van der Waals surface area (Å²) in [4.78, 5) is 18.8. The number of benzene rings is 2. The monoisotopic (exact) mass is 375 g/mol. The van der Waals surface area contributed by atoms with Crippen LogP contribution in [0.4, 0.5) is 10.1 Å². The molecule has 0 atom stereocenters. The summed E-state index contributed by atoms with van der Waals surface area (Å²) in [5.74, 6) is -0.364. The van der Waals surface area contributed by atoms with Crippen molar-refractivity contribution < 1.29 is 8.91 Å². The largest absolute Gasteiger partial charge is 0.378 e. The summed E-state index contributed by atoms with van der Waals surface area (Å²) < 4.78 is 20.5. The van der Waals surface area contributed by atoms with Gasteiger partial charge in [-0.1, -0.05) is 12.1 Å². The number of hydrogen-bond donors (Lipinski definition) is 0. The Kier molecular flexibility index (Phi) is 4.53. The molecule has 0 saturated carbocycles. The highest BCUT2D eigenvalue weighted by Crippen LogP contribution is 2.32. The molecule has 0 unspecified atom stereocenters. The molecule has 0 bridgehead atoms. The van der Waals surface area contributed by atoms with E-state index in [9.17, 15) is 9.18 Å². The number of aromatic nitrogens is 2. The molecule has 4 aromatic rings. The van der Waals surface area contributed by atoms with Crippen molar-refractivity contribution in [2.45, 2.75) is 0 Å². The predicted octanol–water partition coefficient (Wildman–Crippen LogP) is 4.36. The fraction of sp³-hybridized carbons (Fsp3) is 0.0909. The minimum atomic E-state index is -0.491. The molecule has 0 aliphatic heterocycles. The third-order valence-electron chi connectivity index (χ3n) is 4.51. The van der Waals surface area contributed by atoms with E-state index < -0.39 is 5.63 Å². The Morgan fingerprint density at radius 2 is 1.54 bits per heavy atom. The van der Waals surface area contributed by atoms with Crippen molar-refractivity contribution in [2.75, 3.05) is 19.0 Å². The Bertz CT molecular complexity index is 1150. The maximum Gasteiger partial charge on any atom is 0.366 e. The van der Waals surface area contributed by atoms with Gasteiger partial charge in [-0.05, 0) is 54.1 Å². The van der Waals surface area contributed by atoms with Crippen LogP contribution in [-0.2, 0) is 0 Å². The summed E-state index contributed by atoms with van der Waals surface area (Å²) in [6.45, 7) is 0. The van der Waals surface area contributed by atoms with Crippen LogP contribution in [0, 0.1) is 5.82 Å². The minimum Gasteiger partial charge on any atom is -0.378 e. The van der Waals surface area contributed by atoms with Gasteiger partial charge in [0.25, 0.3) is 0 Å². The van der Waals surface area contributed by atoms with Crippen molar-refractivity contribution in [3.63, 3.8) is 0 Å². The lowest BCUT2D eigenvalue weighted by atomic mass is 10.0. The molecule has 0 amide bonds. The van der Waals surface area contributed by atoms with Gasteiger partial charge in [0.05, 0.1) is 11.3 Å². The maximum absolute atomic E-state index is 13.4. The molecule has 4 rings (SSSR count). The number of halogens is 1. The van der Waals surface area contributed by atoms with Gasteiger partial charge in [0.2, 0.25) is 0 Å². The van der Waals surface area contributed by atoms with Crippen LogP contribution in [0.2, 0.25) is 0 Å². The van der Waals surface area contributed by atoms with Crippen molar-refractivity contribution in [1.82, 2.24) is 9.72 Å². The van der Waals surface area contributed by atoms with Crippen molar-refractivity contribution in [3.8, 4) is 28.1 Å². The van der Waals surface area contributed by atoms with Crippen LogP contribution < -0.4 is 10.5 Å². The van der Waals surface area contributed by atoms with Crippen molar-refractivity contribution >= 4 is 5.69 Å². The highest BCUT2D eigenvalue weighted by atomic mass is 19.1. The summed E-state index contributed by atoms with van der Waals surface area (Å²) in [6, 6.07) is 17.1. The first kappa shape index (κ1) is 17.7. The quantitative estimate of drug-likeness (QED) is 0.532. The predicted molar refractivity (Wildman–Crippen MR) is 107 cm³/mol. The Balaban J connectivity index is 1.96. The van der Waals surface area contributed by atoms with Crippen molar-refractivity contribution in [1.29, 1.82) is 0 Å². The Morgan fingerprint density at radius 1 is 0.893 bits per heavy atom. The fourth-order valence-electron chi connectivity index (χ4n) is 3.08. The maximum atomic E-state index is 13.4. The molecule has 6 heteroatoms. The third-order valence-corrected chi connectivity index (χ3v) is 4.51. The summed E-state index contributed by atoms with van der Waals surface area (Å²) in [7, 11) is 3.92. The number of pyridine rings is 1. The zero-order chi connectivity index (χ0) is 19.7. The van der Waals surface area contributed by atoms with Crippen LogP contribution >= 0.6 is 0 Å². The van der Waals surface area contributed by atoms with E-state index in [2.05, 4.69) is 4.98 Å². The zero-order valence-electron chi connectivity index (χ0n) is 15.5. The molecule has 28 heavy (non-hydrogen) atoms. The summed E-state index contributed by atoms with van der Waals surface area (Å²) in [6.07, 6.45) is 3.31. The zero-order valence-corrected chi connectivity index (χ0v) is 15.5. The van der Waals surface area contributed by atoms with E-state index in [-0.39, 0.29) is 5.82 Å². The molecule has 5 nitrogen and oxygen atoms in total.